The molecule has 0 unspecified atom stereocenters. The number of ether oxygens (including phenoxy) is 2. The van der Waals surface area contributed by atoms with Crippen molar-refractivity contribution in [2.24, 2.45) is 0 Å². The third kappa shape index (κ3) is 3.89. The number of para-hydroxylation sites is 1. The molecule has 1 amide bonds. The van der Waals surface area contributed by atoms with Crippen molar-refractivity contribution in [2.75, 3.05) is 19.5 Å². The van der Waals surface area contributed by atoms with E-state index in [4.69, 9.17) is 21.1 Å². The molecular weight excluding hydrogens is 290 g/mol. The highest BCUT2D eigenvalue weighted by Gasteiger charge is 2.09. The summed E-state index contributed by atoms with van der Waals surface area (Å²) >= 11 is 6.02. The van der Waals surface area contributed by atoms with Crippen molar-refractivity contribution in [1.82, 2.24) is 0 Å². The lowest BCUT2D eigenvalue weighted by atomic mass is 10.1. The van der Waals surface area contributed by atoms with E-state index in [1.807, 2.05) is 24.3 Å². The van der Waals surface area contributed by atoms with E-state index in [0.29, 0.717) is 22.2 Å². The van der Waals surface area contributed by atoms with Crippen molar-refractivity contribution in [3.05, 3.63) is 53.1 Å². The first-order valence-electron chi connectivity index (χ1n) is 6.39. The molecule has 0 atom stereocenters. The van der Waals surface area contributed by atoms with Gasteiger partial charge in [-0.25, -0.2) is 0 Å². The van der Waals surface area contributed by atoms with Gasteiger partial charge in [0.05, 0.1) is 25.7 Å². The molecule has 110 valence electrons. The fourth-order valence-electron chi connectivity index (χ4n) is 1.97. The molecule has 0 saturated heterocycles. The third-order valence-corrected chi connectivity index (χ3v) is 3.27. The maximum atomic E-state index is 12.1. The van der Waals surface area contributed by atoms with Gasteiger partial charge < -0.3 is 14.8 Å². The Morgan fingerprint density at radius 1 is 1.10 bits per heavy atom. The van der Waals surface area contributed by atoms with Crippen LogP contribution in [0.2, 0.25) is 5.02 Å². The van der Waals surface area contributed by atoms with Crippen LogP contribution in [0.3, 0.4) is 0 Å². The zero-order valence-electron chi connectivity index (χ0n) is 11.9. The highest BCUT2D eigenvalue weighted by atomic mass is 35.5. The SMILES string of the molecule is COc1ccc(NC(=O)Cc2ccccc2OC)cc1Cl. The van der Waals surface area contributed by atoms with E-state index in [9.17, 15) is 4.79 Å². The molecule has 0 fully saturated rings. The van der Waals surface area contributed by atoms with Gasteiger partial charge in [0.25, 0.3) is 0 Å². The molecular formula is C16H16ClNO3. The molecule has 1 N–H and O–H groups in total. The molecule has 0 radical (unpaired) electrons. The average Bonchev–Trinajstić information content (AvgIpc) is 2.48. The zero-order chi connectivity index (χ0) is 15.2. The number of carbonyl (C=O) groups is 1. The smallest absolute Gasteiger partial charge is 0.228 e. The van der Waals surface area contributed by atoms with Crippen molar-refractivity contribution in [1.29, 1.82) is 0 Å². The quantitative estimate of drug-likeness (QED) is 0.919. The number of halogens is 1. The summed E-state index contributed by atoms with van der Waals surface area (Å²) in [6.45, 7) is 0. The second-order valence-electron chi connectivity index (χ2n) is 4.39. The largest absolute Gasteiger partial charge is 0.496 e. The molecule has 5 heteroatoms. The van der Waals surface area contributed by atoms with Crippen molar-refractivity contribution in [3.8, 4) is 11.5 Å². The van der Waals surface area contributed by atoms with Crippen molar-refractivity contribution < 1.29 is 14.3 Å². The Kier molecular flexibility index (Phi) is 5.06. The van der Waals surface area contributed by atoms with Gasteiger partial charge in [-0.2, -0.15) is 0 Å². The maximum Gasteiger partial charge on any atom is 0.228 e. The maximum absolute atomic E-state index is 12.1. The number of carbonyl (C=O) groups excluding carboxylic acids is 1. The van der Waals surface area contributed by atoms with Gasteiger partial charge in [0, 0.05) is 11.3 Å². The molecule has 0 aromatic heterocycles. The molecule has 2 rings (SSSR count). The summed E-state index contributed by atoms with van der Waals surface area (Å²) in [7, 11) is 3.13. The summed E-state index contributed by atoms with van der Waals surface area (Å²) in [5.74, 6) is 1.13. The molecule has 0 heterocycles. The van der Waals surface area contributed by atoms with Crippen molar-refractivity contribution in [2.45, 2.75) is 6.42 Å². The van der Waals surface area contributed by atoms with E-state index in [0.717, 1.165) is 5.56 Å². The minimum absolute atomic E-state index is 0.138. The highest BCUT2D eigenvalue weighted by Crippen LogP contribution is 2.27. The predicted octanol–water partition coefficient (Wildman–Crippen LogP) is 3.54. The van der Waals surface area contributed by atoms with E-state index in [1.165, 1.54) is 0 Å². The number of rotatable bonds is 5. The first-order valence-corrected chi connectivity index (χ1v) is 6.77. The summed E-state index contributed by atoms with van der Waals surface area (Å²) in [4.78, 5) is 12.1. The Balaban J connectivity index is 2.06. The van der Waals surface area contributed by atoms with Gasteiger partial charge >= 0.3 is 0 Å². The molecule has 4 nitrogen and oxygen atoms in total. The van der Waals surface area contributed by atoms with Gasteiger partial charge in [-0.1, -0.05) is 29.8 Å². The number of hydrogen-bond donors (Lipinski definition) is 1. The van der Waals surface area contributed by atoms with Gasteiger partial charge in [0.2, 0.25) is 5.91 Å². The van der Waals surface area contributed by atoms with Crippen LogP contribution in [0, 0.1) is 0 Å². The summed E-state index contributed by atoms with van der Waals surface area (Å²) in [5, 5.41) is 3.25. The van der Waals surface area contributed by atoms with E-state index in [-0.39, 0.29) is 12.3 Å². The van der Waals surface area contributed by atoms with Crippen LogP contribution in [-0.4, -0.2) is 20.1 Å². The summed E-state index contributed by atoms with van der Waals surface area (Å²) < 4.78 is 10.3. The second-order valence-corrected chi connectivity index (χ2v) is 4.79. The molecule has 2 aromatic carbocycles. The molecule has 0 aliphatic heterocycles. The Labute approximate surface area is 128 Å². The lowest BCUT2D eigenvalue weighted by Crippen LogP contribution is -2.14. The van der Waals surface area contributed by atoms with E-state index in [1.54, 1.807) is 32.4 Å². The fraction of sp³-hybridized carbons (Fsp3) is 0.188. The summed E-state index contributed by atoms with van der Waals surface area (Å²) in [5.41, 5.74) is 1.46. The van der Waals surface area contributed by atoms with Crippen LogP contribution in [0.1, 0.15) is 5.56 Å². The van der Waals surface area contributed by atoms with Crippen LogP contribution < -0.4 is 14.8 Å². The van der Waals surface area contributed by atoms with Crippen LogP contribution in [0.4, 0.5) is 5.69 Å². The van der Waals surface area contributed by atoms with Crippen LogP contribution in [0.15, 0.2) is 42.5 Å². The monoisotopic (exact) mass is 305 g/mol. The second kappa shape index (κ2) is 6.99. The predicted molar refractivity (Wildman–Crippen MR) is 83.3 cm³/mol. The van der Waals surface area contributed by atoms with E-state index < -0.39 is 0 Å². The van der Waals surface area contributed by atoms with Crippen LogP contribution in [0.5, 0.6) is 11.5 Å². The first kappa shape index (κ1) is 15.2. The van der Waals surface area contributed by atoms with Crippen LogP contribution in [0.25, 0.3) is 0 Å². The third-order valence-electron chi connectivity index (χ3n) is 2.98. The van der Waals surface area contributed by atoms with Gasteiger partial charge in [-0.15, -0.1) is 0 Å². The molecule has 2 aromatic rings. The minimum Gasteiger partial charge on any atom is -0.496 e. The van der Waals surface area contributed by atoms with Gasteiger partial charge in [0.1, 0.15) is 11.5 Å². The number of amides is 1. The average molecular weight is 306 g/mol. The topological polar surface area (TPSA) is 47.6 Å². The molecule has 0 aliphatic rings. The van der Waals surface area contributed by atoms with Crippen LogP contribution >= 0.6 is 11.6 Å². The standard InChI is InChI=1S/C16H16ClNO3/c1-20-14-6-4-3-5-11(14)9-16(19)18-12-7-8-15(21-2)13(17)10-12/h3-8,10H,9H2,1-2H3,(H,18,19). The van der Waals surface area contributed by atoms with Crippen LogP contribution in [-0.2, 0) is 11.2 Å². The first-order chi connectivity index (χ1) is 10.1. The fourth-order valence-corrected chi connectivity index (χ4v) is 2.23. The number of nitrogens with one attached hydrogen (secondary N) is 1. The molecule has 0 saturated carbocycles. The number of anilines is 1. The Bertz CT molecular complexity index is 643. The number of benzene rings is 2. The van der Waals surface area contributed by atoms with Gasteiger partial charge in [-0.05, 0) is 24.3 Å². The highest BCUT2D eigenvalue weighted by molar-refractivity contribution is 6.32. The number of hydrogen-bond acceptors (Lipinski definition) is 3. The summed E-state index contributed by atoms with van der Waals surface area (Å²) in [6, 6.07) is 12.5. The Morgan fingerprint density at radius 2 is 1.81 bits per heavy atom. The lowest BCUT2D eigenvalue weighted by molar-refractivity contribution is -0.115. The van der Waals surface area contributed by atoms with E-state index >= 15 is 0 Å². The van der Waals surface area contributed by atoms with Crippen molar-refractivity contribution >= 4 is 23.2 Å². The number of methoxy groups -OCH3 is 2. The minimum atomic E-state index is -0.138. The molecule has 0 aliphatic carbocycles. The van der Waals surface area contributed by atoms with Gasteiger partial charge in [0.15, 0.2) is 0 Å². The normalized spacial score (nSPS) is 10.0. The molecule has 0 bridgehead atoms. The Morgan fingerprint density at radius 3 is 2.48 bits per heavy atom. The Hall–Kier alpha value is -2.20. The molecule has 21 heavy (non-hydrogen) atoms. The van der Waals surface area contributed by atoms with Crippen molar-refractivity contribution in [3.63, 3.8) is 0 Å². The summed E-state index contributed by atoms with van der Waals surface area (Å²) in [6.07, 6.45) is 0.230. The van der Waals surface area contributed by atoms with E-state index in [2.05, 4.69) is 5.32 Å². The lowest BCUT2D eigenvalue weighted by Gasteiger charge is -2.10. The van der Waals surface area contributed by atoms with Gasteiger partial charge in [-0.3, -0.25) is 4.79 Å². The molecule has 0 spiro atoms. The zero-order valence-corrected chi connectivity index (χ0v) is 12.6.